The molecule has 0 saturated heterocycles. The number of carboxylic acids is 1. The molecule has 0 spiro atoms. The second-order valence-electron chi connectivity index (χ2n) is 10.8. The first kappa shape index (κ1) is 28.5. The van der Waals surface area contributed by atoms with Gasteiger partial charge in [-0.2, -0.15) is 0 Å². The summed E-state index contributed by atoms with van der Waals surface area (Å²) in [6.07, 6.45) is 0.295. The maximum absolute atomic E-state index is 12.6. The number of halogens is 1. The standard InChI is InChI=1S/C31H28ClN3O5S/c1-16-13-22-26(24(18-9-11-20(32)12-10-18)23(16)25(29(37)38)40-31(3,4)5)41-28(33-22)19-7-6-8-21(14-19)35-15-17(2)27(36)34-30(35)39/h6-15,25H,1-5H3,(H,37,38)(H,34,36,39)/t25-/m0/s1. The number of thiazole rings is 1. The molecule has 0 radical (unpaired) electrons. The van der Waals surface area contributed by atoms with Crippen LogP contribution >= 0.6 is 22.9 Å². The number of aromatic amines is 1. The number of fused-ring (bicyclic) bond motifs is 1. The lowest BCUT2D eigenvalue weighted by Gasteiger charge is -2.28. The average molecular weight is 590 g/mol. The highest BCUT2D eigenvalue weighted by atomic mass is 35.5. The number of aryl methyl sites for hydroxylation is 2. The van der Waals surface area contributed by atoms with Crippen LogP contribution in [0.25, 0.3) is 37.6 Å². The number of rotatable bonds is 6. The van der Waals surface area contributed by atoms with E-state index in [9.17, 15) is 19.5 Å². The van der Waals surface area contributed by atoms with Gasteiger partial charge in [0.1, 0.15) is 5.01 Å². The van der Waals surface area contributed by atoms with Crippen molar-refractivity contribution in [3.05, 3.63) is 103 Å². The number of carbonyl (C=O) groups is 1. The van der Waals surface area contributed by atoms with Crippen molar-refractivity contribution in [1.29, 1.82) is 0 Å². The van der Waals surface area contributed by atoms with E-state index in [-0.39, 0.29) is 0 Å². The number of hydrogen-bond acceptors (Lipinski definition) is 6. The molecular weight excluding hydrogens is 562 g/mol. The van der Waals surface area contributed by atoms with Gasteiger partial charge in [-0.15, -0.1) is 11.3 Å². The van der Waals surface area contributed by atoms with Crippen LogP contribution in [0.1, 0.15) is 43.6 Å². The molecule has 41 heavy (non-hydrogen) atoms. The highest BCUT2D eigenvalue weighted by Gasteiger charge is 2.32. The van der Waals surface area contributed by atoms with E-state index < -0.39 is 28.9 Å². The summed E-state index contributed by atoms with van der Waals surface area (Å²) in [4.78, 5) is 44.2. The van der Waals surface area contributed by atoms with Gasteiger partial charge >= 0.3 is 11.7 Å². The van der Waals surface area contributed by atoms with Gasteiger partial charge in [-0.25, -0.2) is 14.6 Å². The summed E-state index contributed by atoms with van der Waals surface area (Å²) in [5, 5.41) is 11.5. The van der Waals surface area contributed by atoms with Gasteiger partial charge in [0.2, 0.25) is 0 Å². The number of carboxylic acid groups (broad SMARTS) is 1. The molecule has 5 aromatic rings. The third-order valence-electron chi connectivity index (χ3n) is 6.51. The highest BCUT2D eigenvalue weighted by Crippen LogP contribution is 2.44. The molecule has 210 valence electrons. The van der Waals surface area contributed by atoms with Crippen LogP contribution in [-0.4, -0.2) is 31.2 Å². The zero-order valence-corrected chi connectivity index (χ0v) is 24.7. The summed E-state index contributed by atoms with van der Waals surface area (Å²) in [6.45, 7) is 8.97. The Morgan fingerprint density at radius 2 is 1.76 bits per heavy atom. The molecule has 0 aliphatic rings. The summed E-state index contributed by atoms with van der Waals surface area (Å²) >= 11 is 7.62. The third kappa shape index (κ3) is 5.74. The SMILES string of the molecule is Cc1cc2nc(-c3cccc(-n4cc(C)c(=O)[nH]c4=O)c3)sc2c(-c2ccc(Cl)cc2)c1[C@H](OC(C)(C)C)C(=O)O. The van der Waals surface area contributed by atoms with Crippen molar-refractivity contribution in [2.45, 2.75) is 46.3 Å². The maximum atomic E-state index is 12.6. The first-order valence-corrected chi connectivity index (χ1v) is 14.1. The minimum atomic E-state index is -1.21. The second kappa shape index (κ2) is 10.7. The normalized spacial score (nSPS) is 12.5. The predicted molar refractivity (Wildman–Crippen MR) is 162 cm³/mol. The fourth-order valence-electron chi connectivity index (χ4n) is 4.71. The van der Waals surface area contributed by atoms with Gasteiger partial charge < -0.3 is 9.84 Å². The lowest BCUT2D eigenvalue weighted by molar-refractivity contribution is -0.160. The van der Waals surface area contributed by atoms with E-state index in [0.29, 0.717) is 32.4 Å². The first-order chi connectivity index (χ1) is 19.3. The highest BCUT2D eigenvalue weighted by molar-refractivity contribution is 7.22. The van der Waals surface area contributed by atoms with E-state index in [1.165, 1.54) is 22.1 Å². The number of H-pyrrole nitrogens is 1. The molecule has 2 N–H and O–H groups in total. The summed E-state index contributed by atoms with van der Waals surface area (Å²) in [6, 6.07) is 16.5. The van der Waals surface area contributed by atoms with E-state index in [0.717, 1.165) is 27.0 Å². The summed E-state index contributed by atoms with van der Waals surface area (Å²) in [5.74, 6) is -1.09. The number of aromatic nitrogens is 3. The van der Waals surface area contributed by atoms with Crippen molar-refractivity contribution in [1.82, 2.24) is 14.5 Å². The summed E-state index contributed by atoms with van der Waals surface area (Å²) in [7, 11) is 0. The van der Waals surface area contributed by atoms with Gasteiger partial charge in [-0.1, -0.05) is 35.9 Å². The van der Waals surface area contributed by atoms with Crippen molar-refractivity contribution in [2.75, 3.05) is 0 Å². The van der Waals surface area contributed by atoms with Gasteiger partial charge in [-0.3, -0.25) is 14.3 Å². The van der Waals surface area contributed by atoms with Crippen molar-refractivity contribution in [3.63, 3.8) is 0 Å². The molecule has 0 saturated carbocycles. The molecule has 2 heterocycles. The van der Waals surface area contributed by atoms with E-state index in [1.807, 2.05) is 64.1 Å². The van der Waals surface area contributed by atoms with Crippen LogP contribution in [0.5, 0.6) is 0 Å². The monoisotopic (exact) mass is 589 g/mol. The Balaban J connectivity index is 1.74. The Morgan fingerprint density at radius 3 is 2.41 bits per heavy atom. The van der Waals surface area contributed by atoms with Gasteiger partial charge in [-0.05, 0) is 76.1 Å². The smallest absolute Gasteiger partial charge is 0.337 e. The van der Waals surface area contributed by atoms with Crippen LogP contribution in [0.15, 0.2) is 70.4 Å². The zero-order valence-electron chi connectivity index (χ0n) is 23.1. The average Bonchev–Trinajstić information content (AvgIpc) is 3.32. The first-order valence-electron chi connectivity index (χ1n) is 12.9. The summed E-state index contributed by atoms with van der Waals surface area (Å²) in [5.41, 5.74) is 3.60. The van der Waals surface area contributed by atoms with Gasteiger partial charge in [0.25, 0.3) is 5.56 Å². The van der Waals surface area contributed by atoms with Gasteiger partial charge in [0.05, 0.1) is 21.5 Å². The van der Waals surface area contributed by atoms with Crippen LogP contribution in [0.3, 0.4) is 0 Å². The predicted octanol–water partition coefficient (Wildman–Crippen LogP) is 6.68. The number of nitrogens with zero attached hydrogens (tertiary/aromatic N) is 2. The molecule has 1 atom stereocenters. The molecule has 0 amide bonds. The van der Waals surface area contributed by atoms with E-state index in [1.54, 1.807) is 25.1 Å². The molecule has 8 nitrogen and oxygen atoms in total. The number of nitrogens with one attached hydrogen (secondary N) is 1. The van der Waals surface area contributed by atoms with Crippen molar-refractivity contribution in [3.8, 4) is 27.4 Å². The number of aliphatic carboxylic acids is 1. The molecule has 5 rings (SSSR count). The third-order valence-corrected chi connectivity index (χ3v) is 7.90. The van der Waals surface area contributed by atoms with Crippen LogP contribution in [0.4, 0.5) is 0 Å². The Kier molecular flexibility index (Phi) is 7.46. The lowest BCUT2D eigenvalue weighted by Crippen LogP contribution is -2.29. The van der Waals surface area contributed by atoms with Gasteiger partial charge in [0.15, 0.2) is 6.10 Å². The lowest BCUT2D eigenvalue weighted by atomic mass is 9.91. The van der Waals surface area contributed by atoms with E-state index in [2.05, 4.69) is 4.98 Å². The fourth-order valence-corrected chi connectivity index (χ4v) is 5.96. The van der Waals surface area contributed by atoms with Crippen molar-refractivity contribution >= 4 is 39.1 Å². The molecular formula is C31H28ClN3O5S. The molecule has 0 unspecified atom stereocenters. The van der Waals surface area contributed by atoms with Crippen LogP contribution in [0.2, 0.25) is 5.02 Å². The van der Waals surface area contributed by atoms with Crippen LogP contribution in [-0.2, 0) is 9.53 Å². The fraction of sp³-hybridized carbons (Fsp3) is 0.226. The molecule has 0 aliphatic carbocycles. The Hall–Kier alpha value is -4.05. The maximum Gasteiger partial charge on any atom is 0.337 e. The van der Waals surface area contributed by atoms with Crippen molar-refractivity contribution in [2.24, 2.45) is 0 Å². The molecule has 10 heteroatoms. The topological polar surface area (TPSA) is 114 Å². The Labute approximate surface area is 244 Å². The number of benzene rings is 3. The molecule has 0 fully saturated rings. The number of ether oxygens (including phenoxy) is 1. The molecule has 0 bridgehead atoms. The summed E-state index contributed by atoms with van der Waals surface area (Å²) < 4.78 is 8.27. The minimum absolute atomic E-state index is 0.413. The van der Waals surface area contributed by atoms with Crippen LogP contribution < -0.4 is 11.2 Å². The second-order valence-corrected chi connectivity index (χ2v) is 12.2. The number of hydrogen-bond donors (Lipinski definition) is 2. The van der Waals surface area contributed by atoms with Crippen LogP contribution in [0, 0.1) is 13.8 Å². The minimum Gasteiger partial charge on any atom is -0.479 e. The van der Waals surface area contributed by atoms with E-state index in [4.69, 9.17) is 21.3 Å². The quantitative estimate of drug-likeness (QED) is 0.228. The van der Waals surface area contributed by atoms with E-state index >= 15 is 0 Å². The Bertz CT molecular complexity index is 1920. The van der Waals surface area contributed by atoms with Gasteiger partial charge in [0, 0.05) is 33.5 Å². The largest absolute Gasteiger partial charge is 0.479 e. The zero-order chi connectivity index (χ0) is 29.6. The van der Waals surface area contributed by atoms with Crippen molar-refractivity contribution < 1.29 is 14.6 Å². The molecule has 3 aromatic carbocycles. The molecule has 0 aliphatic heterocycles. The molecule has 2 aromatic heterocycles. The Morgan fingerprint density at radius 1 is 1.05 bits per heavy atom.